The van der Waals surface area contributed by atoms with E-state index < -0.39 is 5.97 Å². The zero-order valence-electron chi connectivity index (χ0n) is 6.66. The Balaban J connectivity index is 0. The average Bonchev–Trinajstić information content (AvgIpc) is 2.06. The predicted molar refractivity (Wildman–Crippen MR) is 40.9 cm³/mol. The second-order valence-electron chi connectivity index (χ2n) is 1.29. The minimum absolute atomic E-state index is 0.394. The summed E-state index contributed by atoms with van der Waals surface area (Å²) in [5.41, 5.74) is 0. The molecule has 62 valence electrons. The fraction of sp³-hybridized carbons (Fsp3) is 0.429. The predicted octanol–water partition coefficient (Wildman–Crippen LogP) is 0.687. The maximum Gasteiger partial charge on any atom is 0.329 e. The number of aliphatic imine (C=N–C) groups is 1. The molecule has 0 fully saturated rings. The maximum atomic E-state index is 9.84. The third kappa shape index (κ3) is 17.7. The van der Waals surface area contributed by atoms with E-state index in [1.807, 2.05) is 0 Å². The van der Waals surface area contributed by atoms with Crippen molar-refractivity contribution in [2.24, 2.45) is 4.99 Å². The van der Waals surface area contributed by atoms with Gasteiger partial charge in [0.15, 0.2) is 0 Å². The van der Waals surface area contributed by atoms with Crippen LogP contribution in [0, 0.1) is 0 Å². The van der Waals surface area contributed by atoms with E-state index in [9.17, 15) is 4.79 Å². The molecule has 0 aromatic heterocycles. The summed E-state index contributed by atoms with van der Waals surface area (Å²) in [7, 11) is 1.31. The van der Waals surface area contributed by atoms with Crippen molar-refractivity contribution in [1.82, 2.24) is 0 Å². The lowest BCUT2D eigenvalue weighted by Crippen LogP contribution is -1.91. The zero-order chi connectivity index (χ0) is 9.11. The van der Waals surface area contributed by atoms with Crippen molar-refractivity contribution in [3.63, 3.8) is 0 Å². The zero-order valence-corrected chi connectivity index (χ0v) is 6.66. The van der Waals surface area contributed by atoms with Crippen LogP contribution in [0.2, 0.25) is 0 Å². The van der Waals surface area contributed by atoms with Gasteiger partial charge in [-0.2, -0.15) is 0 Å². The number of nitrogens with zero attached hydrogens (tertiary/aromatic N) is 1. The van der Waals surface area contributed by atoms with Crippen molar-refractivity contribution < 1.29 is 14.3 Å². The summed E-state index contributed by atoms with van der Waals surface area (Å²) < 4.78 is 4.14. The Kier molecular flexibility index (Phi) is 12.7. The molecule has 0 spiro atoms. The maximum absolute atomic E-state index is 9.84. The normalized spacial score (nSPS) is 6.36. The monoisotopic (exact) mass is 157 g/mol. The molecule has 4 heteroatoms. The van der Waals surface area contributed by atoms with Gasteiger partial charge in [-0.15, -0.1) is 0 Å². The molecule has 0 radical (unpaired) electrons. The number of carbonyl (C=O) groups excluding carboxylic acids is 2. The lowest BCUT2D eigenvalue weighted by molar-refractivity contribution is -0.134. The minimum Gasteiger partial charge on any atom is -0.466 e. The molecule has 0 aromatic carbocycles. The first-order valence-electron chi connectivity index (χ1n) is 2.96. The number of hydrogen-bond acceptors (Lipinski definition) is 4. The smallest absolute Gasteiger partial charge is 0.329 e. The van der Waals surface area contributed by atoms with Gasteiger partial charge in [0.1, 0.15) is 0 Å². The first-order valence-corrected chi connectivity index (χ1v) is 2.96. The third-order valence-corrected chi connectivity index (χ3v) is 0.591. The molecule has 0 saturated heterocycles. The van der Waals surface area contributed by atoms with E-state index >= 15 is 0 Å². The molecule has 0 N–H and O–H groups in total. The number of esters is 1. The molecule has 0 saturated carbocycles. The van der Waals surface area contributed by atoms with Crippen LogP contribution in [0.3, 0.4) is 0 Å². The van der Waals surface area contributed by atoms with E-state index in [2.05, 4.69) is 16.3 Å². The number of hydrogen-bond donors (Lipinski definition) is 0. The summed E-state index contributed by atoms with van der Waals surface area (Å²) >= 11 is 0. The molecule has 0 aliphatic rings. The fourth-order valence-corrected chi connectivity index (χ4v) is 0.148. The Morgan fingerprint density at radius 3 is 2.36 bits per heavy atom. The quantitative estimate of drug-likeness (QED) is 0.256. The van der Waals surface area contributed by atoms with Crippen molar-refractivity contribution in [1.29, 1.82) is 0 Å². The van der Waals surface area contributed by atoms with E-state index in [4.69, 9.17) is 4.79 Å². The van der Waals surface area contributed by atoms with Crippen LogP contribution in [0.1, 0.15) is 6.92 Å². The van der Waals surface area contributed by atoms with Gasteiger partial charge in [0.05, 0.1) is 7.11 Å². The van der Waals surface area contributed by atoms with E-state index in [1.54, 1.807) is 6.92 Å². The third-order valence-electron chi connectivity index (χ3n) is 0.591. The number of carbonyl (C=O) groups is 1. The van der Waals surface area contributed by atoms with Crippen molar-refractivity contribution in [3.8, 4) is 0 Å². The van der Waals surface area contributed by atoms with Gasteiger partial charge in [0.25, 0.3) is 0 Å². The van der Waals surface area contributed by atoms with E-state index in [1.165, 1.54) is 13.2 Å². The van der Waals surface area contributed by atoms with Gasteiger partial charge in [-0.05, 0) is 6.92 Å². The SMILES string of the molecule is C=CC(=O)OC.CCN=C=O. The summed E-state index contributed by atoms with van der Waals surface area (Å²) in [5, 5.41) is 0. The lowest BCUT2D eigenvalue weighted by atomic mass is 10.7. The Hall–Kier alpha value is -1.41. The van der Waals surface area contributed by atoms with Crippen LogP contribution in [0.4, 0.5) is 0 Å². The van der Waals surface area contributed by atoms with Crippen molar-refractivity contribution in [2.75, 3.05) is 13.7 Å². The van der Waals surface area contributed by atoms with Gasteiger partial charge in [-0.3, -0.25) is 0 Å². The highest BCUT2D eigenvalue weighted by molar-refractivity contribution is 5.80. The number of isocyanates is 1. The summed E-state index contributed by atoms with van der Waals surface area (Å²) in [4.78, 5) is 22.1. The van der Waals surface area contributed by atoms with Crippen LogP contribution < -0.4 is 0 Å². The number of rotatable bonds is 2. The second-order valence-corrected chi connectivity index (χ2v) is 1.29. The van der Waals surface area contributed by atoms with Gasteiger partial charge < -0.3 is 4.74 Å². The highest BCUT2D eigenvalue weighted by Gasteiger charge is 1.81. The van der Waals surface area contributed by atoms with Crippen LogP contribution >= 0.6 is 0 Å². The van der Waals surface area contributed by atoms with E-state index in [0.717, 1.165) is 6.08 Å². The van der Waals surface area contributed by atoms with Gasteiger partial charge in [-0.25, -0.2) is 14.6 Å². The molecular formula is C7H11NO3. The first kappa shape index (κ1) is 12.3. The van der Waals surface area contributed by atoms with Crippen LogP contribution in [0.15, 0.2) is 17.6 Å². The highest BCUT2D eigenvalue weighted by atomic mass is 16.5. The molecule has 0 atom stereocenters. The summed E-state index contributed by atoms with van der Waals surface area (Å²) in [5.74, 6) is -0.394. The molecule has 0 bridgehead atoms. The Labute approximate surface area is 65.6 Å². The molecule has 0 aliphatic carbocycles. The largest absolute Gasteiger partial charge is 0.466 e. The molecule has 11 heavy (non-hydrogen) atoms. The highest BCUT2D eigenvalue weighted by Crippen LogP contribution is 1.67. The minimum atomic E-state index is -0.394. The molecule has 0 unspecified atom stereocenters. The van der Waals surface area contributed by atoms with Gasteiger partial charge in [0, 0.05) is 12.6 Å². The Bertz CT molecular complexity index is 159. The van der Waals surface area contributed by atoms with Gasteiger partial charge in [-0.1, -0.05) is 6.58 Å². The molecule has 0 aromatic rings. The Morgan fingerprint density at radius 2 is 2.36 bits per heavy atom. The van der Waals surface area contributed by atoms with Crippen LogP contribution in [-0.2, 0) is 14.3 Å². The first-order chi connectivity index (χ1) is 5.22. The molecule has 0 heterocycles. The summed E-state index contributed by atoms with van der Waals surface area (Å²) in [6, 6.07) is 0. The van der Waals surface area contributed by atoms with E-state index in [0.29, 0.717) is 6.54 Å². The lowest BCUT2D eigenvalue weighted by Gasteiger charge is -1.83. The van der Waals surface area contributed by atoms with Crippen molar-refractivity contribution >= 4 is 12.0 Å². The average molecular weight is 157 g/mol. The molecule has 0 rings (SSSR count). The molecular weight excluding hydrogens is 146 g/mol. The van der Waals surface area contributed by atoms with Crippen LogP contribution in [0.5, 0.6) is 0 Å². The van der Waals surface area contributed by atoms with Crippen LogP contribution in [0.25, 0.3) is 0 Å². The van der Waals surface area contributed by atoms with Crippen molar-refractivity contribution in [2.45, 2.75) is 6.92 Å². The van der Waals surface area contributed by atoms with Crippen molar-refractivity contribution in [3.05, 3.63) is 12.7 Å². The molecule has 0 amide bonds. The molecule has 4 nitrogen and oxygen atoms in total. The van der Waals surface area contributed by atoms with Crippen LogP contribution in [-0.4, -0.2) is 25.7 Å². The van der Waals surface area contributed by atoms with Gasteiger partial charge in [0.2, 0.25) is 6.08 Å². The summed E-state index contributed by atoms with van der Waals surface area (Å²) in [6.45, 7) is 5.48. The standard InChI is InChI=1S/C4H6O2.C3H5NO/c1-3-4(5)6-2;1-2-4-3-5/h3H,1H2,2H3;2H2,1H3. The van der Waals surface area contributed by atoms with Gasteiger partial charge >= 0.3 is 5.97 Å². The fourth-order valence-electron chi connectivity index (χ4n) is 0.148. The van der Waals surface area contributed by atoms with E-state index in [-0.39, 0.29) is 0 Å². The number of methoxy groups -OCH3 is 1. The number of ether oxygens (including phenoxy) is 1. The topological polar surface area (TPSA) is 55.7 Å². The summed E-state index contributed by atoms with van der Waals surface area (Å²) in [6.07, 6.45) is 2.50. The Morgan fingerprint density at radius 1 is 1.82 bits per heavy atom. The second kappa shape index (κ2) is 11.4. The molecule has 0 aliphatic heterocycles.